The lowest BCUT2D eigenvalue weighted by molar-refractivity contribution is -0.137. The highest BCUT2D eigenvalue weighted by Crippen LogP contribution is 2.31. The smallest absolute Gasteiger partial charge is 0.319 e. The molecule has 1 fully saturated rings. The zero-order valence-electron chi connectivity index (χ0n) is 10.5. The maximum atomic E-state index is 11.4. The maximum absolute atomic E-state index is 11.4. The zero-order valence-corrected chi connectivity index (χ0v) is 11.3. The lowest BCUT2D eigenvalue weighted by Gasteiger charge is -2.19. The second kappa shape index (κ2) is 4.73. The quantitative estimate of drug-likeness (QED) is 0.753. The van der Waals surface area contributed by atoms with Crippen molar-refractivity contribution in [3.05, 3.63) is 29.8 Å². The summed E-state index contributed by atoms with van der Waals surface area (Å²) in [5.41, 5.74) is 1.49. The van der Waals surface area contributed by atoms with Crippen molar-refractivity contribution in [3.8, 4) is 0 Å². The fourth-order valence-corrected chi connectivity index (χ4v) is 2.78. The van der Waals surface area contributed by atoms with Crippen LogP contribution in [0.4, 0.5) is 0 Å². The van der Waals surface area contributed by atoms with Gasteiger partial charge in [0.1, 0.15) is 5.25 Å². The van der Waals surface area contributed by atoms with Crippen LogP contribution in [0.25, 0.3) is 0 Å². The first-order valence-corrected chi connectivity index (χ1v) is 6.78. The van der Waals surface area contributed by atoms with Gasteiger partial charge in [-0.15, -0.1) is 11.8 Å². The van der Waals surface area contributed by atoms with E-state index < -0.39 is 0 Å². The lowest BCUT2D eigenvalue weighted by atomic mass is 9.87. The Morgan fingerprint density at radius 2 is 1.88 bits per heavy atom. The molecule has 3 heteroatoms. The van der Waals surface area contributed by atoms with Gasteiger partial charge in [-0.2, -0.15) is 0 Å². The van der Waals surface area contributed by atoms with Crippen molar-refractivity contribution in [3.63, 3.8) is 0 Å². The van der Waals surface area contributed by atoms with Gasteiger partial charge >= 0.3 is 5.97 Å². The molecule has 0 saturated carbocycles. The standard InChI is InChI=1S/C14H18O2S/c1-14(2,3)10-4-6-11(7-5-10)17-12-8-9-16-13(12)15/h4-7,12H,8-9H2,1-3H3/t12-/m1/s1. The number of benzene rings is 1. The number of ether oxygens (including phenoxy) is 1. The molecular formula is C14H18O2S. The van der Waals surface area contributed by atoms with Crippen LogP contribution < -0.4 is 0 Å². The summed E-state index contributed by atoms with van der Waals surface area (Å²) in [7, 11) is 0. The van der Waals surface area contributed by atoms with E-state index in [-0.39, 0.29) is 16.6 Å². The van der Waals surface area contributed by atoms with Crippen LogP contribution in [-0.4, -0.2) is 17.8 Å². The van der Waals surface area contributed by atoms with Gasteiger partial charge in [0.25, 0.3) is 0 Å². The van der Waals surface area contributed by atoms with E-state index in [1.807, 2.05) is 0 Å². The third-order valence-electron chi connectivity index (χ3n) is 2.89. The summed E-state index contributed by atoms with van der Waals surface area (Å²) >= 11 is 1.60. The number of hydrogen-bond donors (Lipinski definition) is 0. The van der Waals surface area contributed by atoms with Crippen molar-refractivity contribution in [1.29, 1.82) is 0 Å². The van der Waals surface area contributed by atoms with Crippen LogP contribution in [0, 0.1) is 0 Å². The molecule has 0 radical (unpaired) electrons. The highest BCUT2D eigenvalue weighted by atomic mass is 32.2. The Morgan fingerprint density at radius 1 is 1.24 bits per heavy atom. The Hall–Kier alpha value is -0.960. The number of rotatable bonds is 2. The van der Waals surface area contributed by atoms with E-state index in [0.717, 1.165) is 11.3 Å². The van der Waals surface area contributed by atoms with Crippen molar-refractivity contribution >= 4 is 17.7 Å². The third-order valence-corrected chi connectivity index (χ3v) is 4.14. The van der Waals surface area contributed by atoms with E-state index in [1.165, 1.54) is 5.56 Å². The largest absolute Gasteiger partial charge is 0.465 e. The van der Waals surface area contributed by atoms with Gasteiger partial charge < -0.3 is 4.74 Å². The van der Waals surface area contributed by atoms with Gasteiger partial charge in [0.2, 0.25) is 0 Å². The van der Waals surface area contributed by atoms with Gasteiger partial charge in [-0.25, -0.2) is 0 Å². The highest BCUT2D eigenvalue weighted by Gasteiger charge is 2.27. The van der Waals surface area contributed by atoms with Crippen molar-refractivity contribution in [2.45, 2.75) is 42.8 Å². The lowest BCUT2D eigenvalue weighted by Crippen LogP contribution is -2.11. The van der Waals surface area contributed by atoms with Crippen molar-refractivity contribution in [1.82, 2.24) is 0 Å². The number of esters is 1. The topological polar surface area (TPSA) is 26.3 Å². The van der Waals surface area contributed by atoms with E-state index in [0.29, 0.717) is 6.61 Å². The summed E-state index contributed by atoms with van der Waals surface area (Å²) in [6.45, 7) is 7.16. The van der Waals surface area contributed by atoms with Gasteiger partial charge in [0.05, 0.1) is 6.61 Å². The summed E-state index contributed by atoms with van der Waals surface area (Å²) in [5, 5.41) is -0.0181. The molecule has 0 aromatic heterocycles. The van der Waals surface area contributed by atoms with Gasteiger partial charge in [-0.1, -0.05) is 32.9 Å². The second-order valence-electron chi connectivity index (χ2n) is 5.34. The first kappa shape index (κ1) is 12.5. The third kappa shape index (κ3) is 3.03. The minimum atomic E-state index is -0.0742. The highest BCUT2D eigenvalue weighted by molar-refractivity contribution is 8.00. The summed E-state index contributed by atoms with van der Waals surface area (Å²) in [6, 6.07) is 8.47. The molecule has 1 aromatic carbocycles. The normalized spacial score (nSPS) is 20.4. The molecular weight excluding hydrogens is 232 g/mol. The number of hydrogen-bond acceptors (Lipinski definition) is 3. The average molecular weight is 250 g/mol. The maximum Gasteiger partial charge on any atom is 0.319 e. The van der Waals surface area contributed by atoms with Crippen LogP contribution in [0.2, 0.25) is 0 Å². The number of carbonyl (C=O) groups is 1. The monoisotopic (exact) mass is 250 g/mol. The predicted octanol–water partition coefficient (Wildman–Crippen LogP) is 3.39. The molecule has 0 amide bonds. The van der Waals surface area contributed by atoms with E-state index >= 15 is 0 Å². The van der Waals surface area contributed by atoms with Crippen LogP contribution in [0.3, 0.4) is 0 Å². The number of thioether (sulfide) groups is 1. The Bertz CT molecular complexity index is 403. The molecule has 0 aliphatic carbocycles. The van der Waals surface area contributed by atoms with Crippen LogP contribution in [0.5, 0.6) is 0 Å². The number of carbonyl (C=O) groups excluding carboxylic acids is 1. The second-order valence-corrected chi connectivity index (χ2v) is 6.61. The molecule has 1 aliphatic heterocycles. The molecule has 1 atom stereocenters. The fraction of sp³-hybridized carbons (Fsp3) is 0.500. The molecule has 92 valence electrons. The van der Waals surface area contributed by atoms with Crippen LogP contribution in [0.1, 0.15) is 32.8 Å². The first-order valence-electron chi connectivity index (χ1n) is 5.91. The molecule has 2 nitrogen and oxygen atoms in total. The van der Waals surface area contributed by atoms with E-state index in [9.17, 15) is 4.79 Å². The van der Waals surface area contributed by atoms with Gasteiger partial charge in [0, 0.05) is 11.3 Å². The summed E-state index contributed by atoms with van der Waals surface area (Å²) in [6.07, 6.45) is 0.824. The van der Waals surface area contributed by atoms with E-state index in [2.05, 4.69) is 45.0 Å². The summed E-state index contributed by atoms with van der Waals surface area (Å²) in [5.74, 6) is -0.0742. The van der Waals surface area contributed by atoms with E-state index in [4.69, 9.17) is 4.74 Å². The molecule has 0 N–H and O–H groups in total. The molecule has 1 aromatic rings. The summed E-state index contributed by atoms with van der Waals surface area (Å²) in [4.78, 5) is 12.5. The summed E-state index contributed by atoms with van der Waals surface area (Å²) < 4.78 is 4.96. The van der Waals surface area contributed by atoms with Gasteiger partial charge in [0.15, 0.2) is 0 Å². The molecule has 1 heterocycles. The van der Waals surface area contributed by atoms with Crippen molar-refractivity contribution in [2.24, 2.45) is 0 Å². The molecule has 17 heavy (non-hydrogen) atoms. The fourth-order valence-electron chi connectivity index (χ4n) is 1.78. The zero-order chi connectivity index (χ0) is 12.5. The molecule has 1 saturated heterocycles. The van der Waals surface area contributed by atoms with Gasteiger partial charge in [-0.05, 0) is 23.1 Å². The minimum absolute atomic E-state index is 0.0181. The number of cyclic esters (lactones) is 1. The average Bonchev–Trinajstić information content (AvgIpc) is 2.64. The van der Waals surface area contributed by atoms with Crippen LogP contribution in [-0.2, 0) is 14.9 Å². The Morgan fingerprint density at radius 3 is 2.35 bits per heavy atom. The molecule has 0 spiro atoms. The van der Waals surface area contributed by atoms with E-state index in [1.54, 1.807) is 11.8 Å². The predicted molar refractivity (Wildman–Crippen MR) is 70.4 cm³/mol. The van der Waals surface area contributed by atoms with Gasteiger partial charge in [-0.3, -0.25) is 4.79 Å². The molecule has 0 bridgehead atoms. The Balaban J connectivity index is 2.06. The molecule has 0 unspecified atom stereocenters. The van der Waals surface area contributed by atoms with Crippen molar-refractivity contribution in [2.75, 3.05) is 6.61 Å². The first-order chi connectivity index (χ1) is 7.97. The minimum Gasteiger partial charge on any atom is -0.465 e. The molecule has 1 aliphatic rings. The molecule has 2 rings (SSSR count). The SMILES string of the molecule is CC(C)(C)c1ccc(S[C@@H]2CCOC2=O)cc1. The Labute approximate surface area is 107 Å². The van der Waals surface area contributed by atoms with Crippen LogP contribution in [0.15, 0.2) is 29.2 Å². The van der Waals surface area contributed by atoms with Crippen LogP contribution >= 0.6 is 11.8 Å². The van der Waals surface area contributed by atoms with Crippen molar-refractivity contribution < 1.29 is 9.53 Å². The Kier molecular flexibility index (Phi) is 3.48.